The van der Waals surface area contributed by atoms with Gasteiger partial charge in [-0.3, -0.25) is 0 Å². The van der Waals surface area contributed by atoms with Crippen LogP contribution >= 0.6 is 0 Å². The van der Waals surface area contributed by atoms with E-state index in [9.17, 15) is 0 Å². The van der Waals surface area contributed by atoms with Crippen LogP contribution in [0.15, 0.2) is 18.2 Å². The third-order valence-electron chi connectivity index (χ3n) is 1.75. The van der Waals surface area contributed by atoms with Gasteiger partial charge in [-0.2, -0.15) is 0 Å². The highest BCUT2D eigenvalue weighted by Gasteiger charge is 2.02. The Balaban J connectivity index is 3.23. The summed E-state index contributed by atoms with van der Waals surface area (Å²) in [5, 5.41) is 0. The standard InChI is InChI=1S/C11H10OSi/c1-3-9-6-5-7-10(8-12-13)11(9)4-2/h1-2,5-7H,8H2,13H3. The third kappa shape index (κ3) is 2.00. The monoisotopic (exact) mass is 186 g/mol. The largest absolute Gasteiger partial charge is 0.424 e. The molecule has 0 bridgehead atoms. The lowest BCUT2D eigenvalue weighted by Crippen LogP contribution is -1.95. The molecule has 64 valence electrons. The van der Waals surface area contributed by atoms with Gasteiger partial charge in [-0.1, -0.05) is 24.0 Å². The number of hydrogen-bond acceptors (Lipinski definition) is 1. The summed E-state index contributed by atoms with van der Waals surface area (Å²) < 4.78 is 5.14. The van der Waals surface area contributed by atoms with Gasteiger partial charge in [-0.25, -0.2) is 0 Å². The molecule has 1 nitrogen and oxygen atoms in total. The van der Waals surface area contributed by atoms with Crippen molar-refractivity contribution in [1.29, 1.82) is 0 Å². The van der Waals surface area contributed by atoms with Crippen LogP contribution in [0.5, 0.6) is 0 Å². The average molecular weight is 186 g/mol. The minimum absolute atomic E-state index is 0.557. The summed E-state index contributed by atoms with van der Waals surface area (Å²) in [6.45, 7) is 0.557. The average Bonchev–Trinajstić information content (AvgIpc) is 2.18. The smallest absolute Gasteiger partial charge is 0.146 e. The zero-order valence-electron chi connectivity index (χ0n) is 7.50. The van der Waals surface area contributed by atoms with E-state index in [1.165, 1.54) is 0 Å². The maximum atomic E-state index is 5.37. The van der Waals surface area contributed by atoms with Crippen LogP contribution in [0, 0.1) is 24.7 Å². The molecular formula is C11H10OSi. The Hall–Kier alpha value is -1.48. The zero-order valence-corrected chi connectivity index (χ0v) is 9.50. The molecule has 0 aromatic heterocycles. The molecule has 0 heterocycles. The van der Waals surface area contributed by atoms with Gasteiger partial charge in [-0.15, -0.1) is 12.8 Å². The molecule has 0 unspecified atom stereocenters. The van der Waals surface area contributed by atoms with Gasteiger partial charge in [-0.05, 0) is 11.6 Å². The van der Waals surface area contributed by atoms with Gasteiger partial charge in [0.2, 0.25) is 0 Å². The lowest BCUT2D eigenvalue weighted by Gasteiger charge is -2.05. The summed E-state index contributed by atoms with van der Waals surface area (Å²) in [4.78, 5) is 0. The molecule has 13 heavy (non-hydrogen) atoms. The van der Waals surface area contributed by atoms with Crippen LogP contribution in [0.4, 0.5) is 0 Å². The zero-order chi connectivity index (χ0) is 9.68. The van der Waals surface area contributed by atoms with Crippen LogP contribution < -0.4 is 0 Å². The van der Waals surface area contributed by atoms with E-state index < -0.39 is 0 Å². The second kappa shape index (κ2) is 4.52. The maximum absolute atomic E-state index is 5.37. The molecular weight excluding hydrogens is 176 g/mol. The van der Waals surface area contributed by atoms with E-state index in [-0.39, 0.29) is 0 Å². The molecule has 0 atom stereocenters. The number of benzene rings is 1. The lowest BCUT2D eigenvalue weighted by atomic mass is 10.0. The molecule has 0 amide bonds. The summed E-state index contributed by atoms with van der Waals surface area (Å²) in [5.41, 5.74) is 2.53. The van der Waals surface area contributed by atoms with Crippen molar-refractivity contribution in [1.82, 2.24) is 0 Å². The molecule has 0 radical (unpaired) electrons. The normalized spacial score (nSPS) is 9.08. The van der Waals surface area contributed by atoms with Crippen LogP contribution in [0.3, 0.4) is 0 Å². The van der Waals surface area contributed by atoms with Gasteiger partial charge in [0.1, 0.15) is 10.5 Å². The maximum Gasteiger partial charge on any atom is 0.146 e. The van der Waals surface area contributed by atoms with Gasteiger partial charge < -0.3 is 4.43 Å². The first-order valence-electron chi connectivity index (χ1n) is 3.87. The molecule has 0 N–H and O–H groups in total. The minimum atomic E-state index is 0.557. The van der Waals surface area contributed by atoms with Crippen molar-refractivity contribution >= 4 is 10.5 Å². The van der Waals surface area contributed by atoms with E-state index in [0.717, 1.165) is 16.7 Å². The molecule has 1 aromatic rings. The highest BCUT2D eigenvalue weighted by atomic mass is 28.2. The molecule has 1 rings (SSSR count). The fourth-order valence-electron chi connectivity index (χ4n) is 1.17. The highest BCUT2D eigenvalue weighted by Crippen LogP contribution is 2.13. The Bertz CT molecular complexity index is 382. The number of terminal acetylenes is 2. The molecule has 0 fully saturated rings. The predicted octanol–water partition coefficient (Wildman–Crippen LogP) is 0.446. The van der Waals surface area contributed by atoms with Crippen LogP contribution in [0.2, 0.25) is 0 Å². The van der Waals surface area contributed by atoms with Gasteiger partial charge in [0.15, 0.2) is 0 Å². The second-order valence-corrected chi connectivity index (χ2v) is 3.14. The Labute approximate surface area is 81.7 Å². The van der Waals surface area contributed by atoms with Crippen molar-refractivity contribution < 1.29 is 4.43 Å². The van der Waals surface area contributed by atoms with Crippen molar-refractivity contribution in [3.63, 3.8) is 0 Å². The van der Waals surface area contributed by atoms with E-state index in [4.69, 9.17) is 17.3 Å². The lowest BCUT2D eigenvalue weighted by molar-refractivity contribution is 0.338. The Kier molecular flexibility index (Phi) is 3.34. The van der Waals surface area contributed by atoms with Crippen molar-refractivity contribution in [2.45, 2.75) is 6.61 Å². The third-order valence-corrected chi connectivity index (χ3v) is 2.04. The summed E-state index contributed by atoms with van der Waals surface area (Å²) in [7, 11) is 0.703. The Morgan fingerprint density at radius 2 is 2.08 bits per heavy atom. The van der Waals surface area contributed by atoms with Crippen molar-refractivity contribution in [2.24, 2.45) is 0 Å². The molecule has 0 aliphatic rings. The first kappa shape index (κ1) is 9.60. The summed E-state index contributed by atoms with van der Waals surface area (Å²) >= 11 is 0. The van der Waals surface area contributed by atoms with Gasteiger partial charge >= 0.3 is 0 Å². The minimum Gasteiger partial charge on any atom is -0.424 e. The fraction of sp³-hybridized carbons (Fsp3) is 0.0909. The molecule has 2 heteroatoms. The van der Waals surface area contributed by atoms with Crippen LogP contribution in [0.25, 0.3) is 0 Å². The first-order chi connectivity index (χ1) is 6.33. The van der Waals surface area contributed by atoms with Gasteiger partial charge in [0, 0.05) is 11.1 Å². The Morgan fingerprint density at radius 3 is 2.62 bits per heavy atom. The quantitative estimate of drug-likeness (QED) is 0.481. The van der Waals surface area contributed by atoms with Crippen LogP contribution in [-0.4, -0.2) is 10.5 Å². The van der Waals surface area contributed by atoms with E-state index in [1.54, 1.807) is 0 Å². The molecule has 0 saturated carbocycles. The number of hydrogen-bond donors (Lipinski definition) is 0. The summed E-state index contributed by atoms with van der Waals surface area (Å²) in [6.07, 6.45) is 10.7. The molecule has 0 saturated heterocycles. The van der Waals surface area contributed by atoms with E-state index in [2.05, 4.69) is 11.8 Å². The SMILES string of the molecule is C#Cc1cccc(CO[SiH3])c1C#C. The topological polar surface area (TPSA) is 9.23 Å². The van der Waals surface area contributed by atoms with Crippen molar-refractivity contribution in [2.75, 3.05) is 0 Å². The number of rotatable bonds is 2. The Morgan fingerprint density at radius 1 is 1.31 bits per heavy atom. The molecule has 0 spiro atoms. The van der Waals surface area contributed by atoms with Gasteiger partial charge in [0.05, 0.1) is 6.61 Å². The summed E-state index contributed by atoms with van der Waals surface area (Å²) in [6, 6.07) is 5.67. The highest BCUT2D eigenvalue weighted by molar-refractivity contribution is 5.97. The fourth-order valence-corrected chi connectivity index (χ4v) is 1.48. The van der Waals surface area contributed by atoms with E-state index in [1.807, 2.05) is 18.2 Å². The van der Waals surface area contributed by atoms with E-state index in [0.29, 0.717) is 17.1 Å². The predicted molar refractivity (Wildman–Crippen MR) is 57.0 cm³/mol. The summed E-state index contributed by atoms with van der Waals surface area (Å²) in [5.74, 6) is 5.15. The van der Waals surface area contributed by atoms with Gasteiger partial charge in [0.25, 0.3) is 0 Å². The first-order valence-corrected chi connectivity index (χ1v) is 4.69. The molecule has 0 aliphatic heterocycles. The van der Waals surface area contributed by atoms with Crippen LogP contribution in [0.1, 0.15) is 16.7 Å². The van der Waals surface area contributed by atoms with Crippen LogP contribution in [-0.2, 0) is 11.0 Å². The molecule has 0 aliphatic carbocycles. The van der Waals surface area contributed by atoms with Crippen molar-refractivity contribution in [3.05, 3.63) is 34.9 Å². The van der Waals surface area contributed by atoms with Crippen molar-refractivity contribution in [3.8, 4) is 24.7 Å². The molecule has 1 aromatic carbocycles. The van der Waals surface area contributed by atoms with E-state index >= 15 is 0 Å². The second-order valence-electron chi connectivity index (χ2n) is 2.56.